The molecule has 0 aliphatic heterocycles. The molecule has 3 aromatic carbocycles. The number of hydrogen-bond donors (Lipinski definition) is 0. The van der Waals surface area contributed by atoms with Gasteiger partial charge in [0.15, 0.2) is 0 Å². The van der Waals surface area contributed by atoms with Crippen molar-refractivity contribution in [2.24, 2.45) is 0 Å². The molecule has 0 bridgehead atoms. The fraction of sp³-hybridized carbons (Fsp3) is 0.200. The van der Waals surface area contributed by atoms with Crippen LogP contribution in [0.15, 0.2) is 88.3 Å². The Morgan fingerprint density at radius 2 is 1.63 bits per heavy atom. The van der Waals surface area contributed by atoms with Crippen molar-refractivity contribution >= 4 is 23.0 Å². The Kier molecular flexibility index (Phi) is 7.16. The molecule has 0 unspecified atom stereocenters. The zero-order valence-corrected chi connectivity index (χ0v) is 20.3. The second-order valence-electron chi connectivity index (χ2n) is 8.96. The molecule has 0 N–H and O–H groups in total. The Morgan fingerprint density at radius 1 is 0.886 bits per heavy atom. The van der Waals surface area contributed by atoms with Gasteiger partial charge in [-0.3, -0.25) is 4.79 Å². The Bertz CT molecular complexity index is 1430. The average Bonchev–Trinajstić information content (AvgIpc) is 2.85. The summed E-state index contributed by atoms with van der Waals surface area (Å²) in [4.78, 5) is 25.3. The molecule has 0 amide bonds. The van der Waals surface area contributed by atoms with Gasteiger partial charge in [-0.15, -0.1) is 0 Å². The Hall–Kier alpha value is -4.12. The Morgan fingerprint density at radius 3 is 2.34 bits per heavy atom. The highest BCUT2D eigenvalue weighted by Gasteiger charge is 2.14. The number of esters is 1. The maximum Gasteiger partial charge on any atom is 0.336 e. The quantitative estimate of drug-likeness (QED) is 0.160. The SMILES string of the molecule is CC(C)c1ccc(C=CC(=O)Oc2ccc3c(=O)c(Oc4ccccc4C(C)C)coc3c2)cc1. The first kappa shape index (κ1) is 24.0. The molecule has 178 valence electrons. The van der Waals surface area contributed by atoms with Crippen molar-refractivity contribution < 1.29 is 18.7 Å². The number of carbonyl (C=O) groups excluding carboxylic acids is 1. The highest BCUT2D eigenvalue weighted by atomic mass is 16.5. The van der Waals surface area contributed by atoms with Gasteiger partial charge >= 0.3 is 5.97 Å². The summed E-state index contributed by atoms with van der Waals surface area (Å²) in [6.07, 6.45) is 4.36. The van der Waals surface area contributed by atoms with Crippen LogP contribution < -0.4 is 14.9 Å². The zero-order chi connectivity index (χ0) is 24.9. The summed E-state index contributed by atoms with van der Waals surface area (Å²) in [6.45, 7) is 8.39. The van der Waals surface area contributed by atoms with E-state index in [1.807, 2.05) is 48.5 Å². The molecule has 0 saturated carbocycles. The predicted molar refractivity (Wildman–Crippen MR) is 138 cm³/mol. The van der Waals surface area contributed by atoms with Gasteiger partial charge in [0.05, 0.1) is 5.39 Å². The fourth-order valence-electron chi connectivity index (χ4n) is 3.70. The average molecular weight is 469 g/mol. The minimum Gasteiger partial charge on any atom is -0.460 e. The maximum atomic E-state index is 13.0. The van der Waals surface area contributed by atoms with Crippen LogP contribution in [-0.4, -0.2) is 5.97 Å². The van der Waals surface area contributed by atoms with E-state index in [2.05, 4.69) is 27.7 Å². The van der Waals surface area contributed by atoms with E-state index in [9.17, 15) is 9.59 Å². The maximum absolute atomic E-state index is 13.0. The van der Waals surface area contributed by atoms with Gasteiger partial charge in [0.2, 0.25) is 11.2 Å². The summed E-state index contributed by atoms with van der Waals surface area (Å²) in [7, 11) is 0. The monoisotopic (exact) mass is 468 g/mol. The summed E-state index contributed by atoms with van der Waals surface area (Å²) in [5.74, 6) is 1.16. The summed E-state index contributed by atoms with van der Waals surface area (Å²) in [6, 6.07) is 20.3. The van der Waals surface area contributed by atoms with Crippen molar-refractivity contribution in [1.29, 1.82) is 0 Å². The van der Waals surface area contributed by atoms with Crippen molar-refractivity contribution in [3.8, 4) is 17.2 Å². The van der Waals surface area contributed by atoms with Gasteiger partial charge in [0.25, 0.3) is 0 Å². The highest BCUT2D eigenvalue weighted by Crippen LogP contribution is 2.30. The third kappa shape index (κ3) is 5.69. The third-order valence-electron chi connectivity index (χ3n) is 5.71. The van der Waals surface area contributed by atoms with Gasteiger partial charge < -0.3 is 13.9 Å². The molecular weight excluding hydrogens is 440 g/mol. The van der Waals surface area contributed by atoms with Crippen LogP contribution in [0, 0.1) is 0 Å². The summed E-state index contributed by atoms with van der Waals surface area (Å²) < 4.78 is 16.9. The first-order chi connectivity index (χ1) is 16.8. The van der Waals surface area contributed by atoms with E-state index >= 15 is 0 Å². The molecule has 0 spiro atoms. The van der Waals surface area contributed by atoms with E-state index in [0.29, 0.717) is 22.6 Å². The summed E-state index contributed by atoms with van der Waals surface area (Å²) in [5.41, 5.74) is 3.14. The van der Waals surface area contributed by atoms with Gasteiger partial charge in [-0.1, -0.05) is 70.2 Å². The van der Waals surface area contributed by atoms with Crippen LogP contribution in [0.5, 0.6) is 17.2 Å². The lowest BCUT2D eigenvalue weighted by atomic mass is 10.0. The predicted octanol–water partition coefficient (Wildman–Crippen LogP) is 7.45. The van der Waals surface area contributed by atoms with Crippen LogP contribution in [0.25, 0.3) is 17.0 Å². The largest absolute Gasteiger partial charge is 0.460 e. The molecule has 1 heterocycles. The fourth-order valence-corrected chi connectivity index (χ4v) is 3.70. The number of hydrogen-bond acceptors (Lipinski definition) is 5. The molecule has 0 aliphatic rings. The lowest BCUT2D eigenvalue weighted by molar-refractivity contribution is -0.128. The zero-order valence-electron chi connectivity index (χ0n) is 20.3. The number of benzene rings is 3. The number of carbonyl (C=O) groups is 1. The molecular formula is C30H28O5. The number of fused-ring (bicyclic) bond motifs is 1. The molecule has 5 nitrogen and oxygen atoms in total. The van der Waals surface area contributed by atoms with E-state index in [4.69, 9.17) is 13.9 Å². The number of para-hydroxylation sites is 1. The van der Waals surface area contributed by atoms with Gasteiger partial charge in [0.1, 0.15) is 23.3 Å². The Balaban J connectivity index is 1.49. The number of rotatable bonds is 7. The Labute approximate surface area is 204 Å². The molecule has 4 rings (SSSR count). The smallest absolute Gasteiger partial charge is 0.336 e. The van der Waals surface area contributed by atoms with E-state index in [1.54, 1.807) is 18.2 Å². The van der Waals surface area contributed by atoms with Gasteiger partial charge in [-0.25, -0.2) is 4.79 Å². The van der Waals surface area contributed by atoms with E-state index in [0.717, 1.165) is 11.1 Å². The second kappa shape index (κ2) is 10.4. The van der Waals surface area contributed by atoms with Gasteiger partial charge in [-0.2, -0.15) is 0 Å². The molecule has 0 saturated heterocycles. The number of ether oxygens (including phenoxy) is 2. The molecule has 4 aromatic rings. The van der Waals surface area contributed by atoms with E-state index in [1.165, 1.54) is 24.0 Å². The molecule has 35 heavy (non-hydrogen) atoms. The summed E-state index contributed by atoms with van der Waals surface area (Å²) >= 11 is 0. The second-order valence-corrected chi connectivity index (χ2v) is 8.96. The molecule has 0 radical (unpaired) electrons. The lowest BCUT2D eigenvalue weighted by Crippen LogP contribution is -2.07. The van der Waals surface area contributed by atoms with E-state index < -0.39 is 5.97 Å². The molecule has 0 atom stereocenters. The normalized spacial score (nSPS) is 11.5. The molecule has 5 heteroatoms. The third-order valence-corrected chi connectivity index (χ3v) is 5.71. The van der Waals surface area contributed by atoms with Crippen molar-refractivity contribution in [3.05, 3.63) is 106 Å². The molecule has 0 fully saturated rings. The van der Waals surface area contributed by atoms with Crippen LogP contribution in [-0.2, 0) is 4.79 Å². The van der Waals surface area contributed by atoms with Crippen molar-refractivity contribution in [1.82, 2.24) is 0 Å². The van der Waals surface area contributed by atoms with Crippen LogP contribution in [0.3, 0.4) is 0 Å². The topological polar surface area (TPSA) is 65.7 Å². The minimum atomic E-state index is -0.523. The van der Waals surface area contributed by atoms with Crippen molar-refractivity contribution in [3.63, 3.8) is 0 Å². The van der Waals surface area contributed by atoms with Crippen LogP contribution >= 0.6 is 0 Å². The lowest BCUT2D eigenvalue weighted by Gasteiger charge is -2.13. The van der Waals surface area contributed by atoms with Crippen molar-refractivity contribution in [2.75, 3.05) is 0 Å². The highest BCUT2D eigenvalue weighted by molar-refractivity contribution is 5.89. The molecule has 1 aromatic heterocycles. The first-order valence-electron chi connectivity index (χ1n) is 11.6. The van der Waals surface area contributed by atoms with Crippen LogP contribution in [0.2, 0.25) is 0 Å². The van der Waals surface area contributed by atoms with Crippen LogP contribution in [0.4, 0.5) is 0 Å². The molecule has 0 aliphatic carbocycles. The van der Waals surface area contributed by atoms with Gasteiger partial charge in [0, 0.05) is 12.1 Å². The van der Waals surface area contributed by atoms with E-state index in [-0.39, 0.29) is 22.8 Å². The first-order valence-corrected chi connectivity index (χ1v) is 11.6. The minimum absolute atomic E-state index is 0.0989. The van der Waals surface area contributed by atoms with Crippen molar-refractivity contribution in [2.45, 2.75) is 39.5 Å². The standard InChI is InChI=1S/C30H28O5/c1-19(2)22-12-9-21(10-13-22)11-16-29(31)34-23-14-15-25-27(17-23)33-18-28(30(25)32)35-26-8-6-5-7-24(26)20(3)4/h5-20H,1-4H3. The summed E-state index contributed by atoms with van der Waals surface area (Å²) in [5, 5.41) is 0.338. The van der Waals surface area contributed by atoms with Crippen LogP contribution in [0.1, 0.15) is 56.2 Å². The van der Waals surface area contributed by atoms with Gasteiger partial charge in [-0.05, 0) is 52.8 Å².